The van der Waals surface area contributed by atoms with Gasteiger partial charge in [-0.3, -0.25) is 4.68 Å². The number of rotatable bonds is 3. The Kier molecular flexibility index (Phi) is 4.59. The molecule has 0 bridgehead atoms. The molecule has 0 radical (unpaired) electrons. The molecule has 1 heterocycles. The maximum atomic E-state index is 13.0. The molecule has 0 aliphatic heterocycles. The summed E-state index contributed by atoms with van der Waals surface area (Å²) < 4.78 is 69.5. The van der Waals surface area contributed by atoms with E-state index in [4.69, 9.17) is 5.26 Å². The van der Waals surface area contributed by atoms with Crippen LogP contribution in [0.5, 0.6) is 0 Å². The zero-order chi connectivity index (χ0) is 19.0. The summed E-state index contributed by atoms with van der Waals surface area (Å²) in [5.41, 5.74) is -3.13. The minimum atomic E-state index is -5.02. The summed E-state index contributed by atoms with van der Waals surface area (Å²) >= 11 is 0. The molecule has 1 aromatic carbocycles. The van der Waals surface area contributed by atoms with E-state index in [2.05, 4.69) is 9.84 Å². The molecule has 11 heteroatoms. The molecule has 0 aliphatic rings. The normalized spacial score (nSPS) is 11.8. The highest BCUT2D eigenvalue weighted by atomic mass is 32.2. The maximum Gasteiger partial charge on any atom is 0.436 e. The van der Waals surface area contributed by atoms with E-state index in [0.29, 0.717) is 4.68 Å². The van der Waals surface area contributed by atoms with Gasteiger partial charge in [0.15, 0.2) is 10.7 Å². The van der Waals surface area contributed by atoms with Gasteiger partial charge in [-0.1, -0.05) is 12.1 Å². The number of esters is 1. The van der Waals surface area contributed by atoms with Crippen LogP contribution in [0.3, 0.4) is 0 Å². The number of halogens is 3. The number of hydrogen-bond donors (Lipinski definition) is 0. The van der Waals surface area contributed by atoms with E-state index in [-0.39, 0.29) is 5.56 Å². The van der Waals surface area contributed by atoms with Crippen LogP contribution >= 0.6 is 0 Å². The number of aromatic nitrogens is 2. The number of nitrogens with zero attached hydrogens (tertiary/aromatic N) is 3. The minimum absolute atomic E-state index is 0.372. The van der Waals surface area contributed by atoms with E-state index in [1.807, 2.05) is 0 Å². The number of carbonyl (C=O) groups is 1. The average Bonchev–Trinajstić information content (AvgIpc) is 2.91. The summed E-state index contributed by atoms with van der Waals surface area (Å²) in [6, 6.07) is 6.05. The Balaban J connectivity index is 2.83. The third-order valence-electron chi connectivity index (χ3n) is 3.21. The molecule has 0 unspecified atom stereocenters. The molecule has 0 atom stereocenters. The first-order valence-electron chi connectivity index (χ1n) is 6.52. The number of alkyl halides is 3. The highest BCUT2D eigenvalue weighted by Crippen LogP contribution is 2.35. The number of ether oxygens (including phenoxy) is 1. The standard InChI is InChI=1S/C14H10F3N3O4S/c1-20-12(9(7-18)11(19-20)14(15,16)17)25(22,23)10-6-4-3-5-8(10)13(21)24-2/h3-6H,1-2H3. The number of methoxy groups -OCH3 is 1. The van der Waals surface area contributed by atoms with Gasteiger partial charge in [0, 0.05) is 7.05 Å². The average molecular weight is 373 g/mol. The van der Waals surface area contributed by atoms with E-state index < -0.39 is 43.2 Å². The third kappa shape index (κ3) is 3.08. The van der Waals surface area contributed by atoms with Crippen LogP contribution in [0.1, 0.15) is 21.6 Å². The van der Waals surface area contributed by atoms with Crippen LogP contribution in [0.4, 0.5) is 13.2 Å². The van der Waals surface area contributed by atoms with Crippen molar-refractivity contribution in [2.24, 2.45) is 7.05 Å². The van der Waals surface area contributed by atoms with E-state index >= 15 is 0 Å². The Morgan fingerprint density at radius 1 is 1.32 bits per heavy atom. The summed E-state index contributed by atoms with van der Waals surface area (Å²) in [6.07, 6.45) is -5.02. The van der Waals surface area contributed by atoms with Gasteiger partial charge in [-0.05, 0) is 12.1 Å². The monoisotopic (exact) mass is 373 g/mol. The Bertz CT molecular complexity index is 988. The lowest BCUT2D eigenvalue weighted by Gasteiger charge is -2.09. The lowest BCUT2D eigenvalue weighted by molar-refractivity contribution is -0.141. The summed E-state index contributed by atoms with van der Waals surface area (Å²) in [7, 11) is -2.67. The lowest BCUT2D eigenvalue weighted by atomic mass is 10.2. The first kappa shape index (κ1) is 18.5. The summed E-state index contributed by atoms with van der Waals surface area (Å²) in [4.78, 5) is 11.2. The molecular weight excluding hydrogens is 363 g/mol. The van der Waals surface area contributed by atoms with Crippen LogP contribution in [-0.2, 0) is 27.8 Å². The van der Waals surface area contributed by atoms with Gasteiger partial charge in [-0.2, -0.15) is 23.5 Å². The van der Waals surface area contributed by atoms with Gasteiger partial charge >= 0.3 is 12.1 Å². The predicted molar refractivity (Wildman–Crippen MR) is 76.2 cm³/mol. The Morgan fingerprint density at radius 3 is 2.44 bits per heavy atom. The smallest absolute Gasteiger partial charge is 0.436 e. The van der Waals surface area contributed by atoms with Gasteiger partial charge < -0.3 is 4.74 Å². The molecule has 0 fully saturated rings. The zero-order valence-corrected chi connectivity index (χ0v) is 13.6. The SMILES string of the molecule is COC(=O)c1ccccc1S(=O)(=O)c1c(C#N)c(C(F)(F)F)nn1C. The van der Waals surface area contributed by atoms with E-state index in [1.54, 1.807) is 0 Å². The fourth-order valence-corrected chi connectivity index (χ4v) is 3.91. The van der Waals surface area contributed by atoms with Crippen molar-refractivity contribution in [3.05, 3.63) is 41.1 Å². The molecule has 0 saturated heterocycles. The van der Waals surface area contributed by atoms with Crippen LogP contribution in [0, 0.1) is 11.3 Å². The number of hydrogen-bond acceptors (Lipinski definition) is 6. The highest BCUT2D eigenvalue weighted by molar-refractivity contribution is 7.91. The van der Waals surface area contributed by atoms with Crippen molar-refractivity contribution in [3.8, 4) is 6.07 Å². The molecule has 132 valence electrons. The molecule has 7 nitrogen and oxygen atoms in total. The molecule has 2 rings (SSSR count). The van der Waals surface area contributed by atoms with Gasteiger partial charge in [-0.25, -0.2) is 13.2 Å². The quantitative estimate of drug-likeness (QED) is 0.762. The van der Waals surface area contributed by atoms with Gasteiger partial charge in [-0.15, -0.1) is 0 Å². The molecule has 0 amide bonds. The van der Waals surface area contributed by atoms with E-state index in [1.165, 1.54) is 18.2 Å². The van der Waals surface area contributed by atoms with Crippen molar-refractivity contribution in [3.63, 3.8) is 0 Å². The van der Waals surface area contributed by atoms with Gasteiger partial charge in [0.1, 0.15) is 11.6 Å². The van der Waals surface area contributed by atoms with Crippen LogP contribution < -0.4 is 0 Å². The molecular formula is C14H10F3N3O4S. The predicted octanol–water partition coefficient (Wildman–Crippen LogP) is 1.93. The Hall–Kier alpha value is -2.87. The van der Waals surface area contributed by atoms with Crippen molar-refractivity contribution < 1.29 is 31.1 Å². The first-order chi connectivity index (χ1) is 11.6. The van der Waals surface area contributed by atoms with Crippen molar-refractivity contribution in [2.75, 3.05) is 7.11 Å². The lowest BCUT2D eigenvalue weighted by Crippen LogP contribution is -2.15. The fraction of sp³-hybridized carbons (Fsp3) is 0.214. The van der Waals surface area contributed by atoms with Crippen LogP contribution in [0.25, 0.3) is 0 Å². The minimum Gasteiger partial charge on any atom is -0.465 e. The van der Waals surface area contributed by atoms with Crippen LogP contribution in [0.15, 0.2) is 34.2 Å². The van der Waals surface area contributed by atoms with Gasteiger partial charge in [0.2, 0.25) is 9.84 Å². The second-order valence-corrected chi connectivity index (χ2v) is 6.59. The van der Waals surface area contributed by atoms with Crippen LogP contribution in [0.2, 0.25) is 0 Å². The molecule has 0 aliphatic carbocycles. The summed E-state index contributed by atoms with van der Waals surface area (Å²) in [5, 5.41) is 11.2. The van der Waals surface area contributed by atoms with Crippen molar-refractivity contribution in [2.45, 2.75) is 16.1 Å². The second-order valence-electron chi connectivity index (χ2n) is 4.75. The summed E-state index contributed by atoms with van der Waals surface area (Å²) in [6.45, 7) is 0. The molecule has 0 saturated carbocycles. The summed E-state index contributed by atoms with van der Waals surface area (Å²) in [5.74, 6) is -0.990. The fourth-order valence-electron chi connectivity index (χ4n) is 2.20. The van der Waals surface area contributed by atoms with Crippen LogP contribution in [-0.4, -0.2) is 31.3 Å². The van der Waals surface area contributed by atoms with Crippen molar-refractivity contribution in [1.82, 2.24) is 9.78 Å². The Labute approximate surface area is 140 Å². The topological polar surface area (TPSA) is 102 Å². The van der Waals surface area contributed by atoms with E-state index in [9.17, 15) is 26.4 Å². The largest absolute Gasteiger partial charge is 0.465 e. The van der Waals surface area contributed by atoms with Gasteiger partial charge in [0.25, 0.3) is 0 Å². The maximum absolute atomic E-state index is 13.0. The number of nitriles is 1. The molecule has 25 heavy (non-hydrogen) atoms. The van der Waals surface area contributed by atoms with Crippen molar-refractivity contribution in [1.29, 1.82) is 5.26 Å². The second kappa shape index (κ2) is 6.21. The number of carbonyl (C=O) groups excluding carboxylic acids is 1. The van der Waals surface area contributed by atoms with Crippen molar-refractivity contribution >= 4 is 15.8 Å². The molecule has 2 aromatic rings. The molecule has 0 spiro atoms. The number of aryl methyl sites for hydroxylation is 1. The molecule has 0 N–H and O–H groups in total. The highest BCUT2D eigenvalue weighted by Gasteiger charge is 2.42. The molecule has 1 aromatic heterocycles. The first-order valence-corrected chi connectivity index (χ1v) is 8.00. The third-order valence-corrected chi connectivity index (χ3v) is 5.12. The number of sulfone groups is 1. The van der Waals surface area contributed by atoms with Gasteiger partial charge in [0.05, 0.1) is 17.6 Å². The zero-order valence-electron chi connectivity index (χ0n) is 12.8. The van der Waals surface area contributed by atoms with E-state index in [0.717, 1.165) is 26.3 Å². The Morgan fingerprint density at radius 2 is 1.92 bits per heavy atom. The number of benzene rings is 1.